The molecule has 0 spiro atoms. The molecule has 1 aromatic carbocycles. The van der Waals surface area contributed by atoms with Gasteiger partial charge < -0.3 is 0 Å². The summed E-state index contributed by atoms with van der Waals surface area (Å²) in [6.45, 7) is 6.89. The molecule has 29 heavy (non-hydrogen) atoms. The molecule has 1 aliphatic heterocycles. The molecule has 1 atom stereocenters. The van der Waals surface area contributed by atoms with Gasteiger partial charge in [-0.15, -0.1) is 0 Å². The third-order valence-corrected chi connectivity index (χ3v) is 22.6. The minimum absolute atomic E-state index is 0.0274. The molecule has 0 bridgehead atoms. The SMILES string of the molecule is CCC[CH2][Sn]([CH2]CCC)([CH2]CCC)[c]1ccc(C2CCCc3cncn32)c(F)c1. The van der Waals surface area contributed by atoms with E-state index in [0.29, 0.717) is 0 Å². The van der Waals surface area contributed by atoms with Crippen molar-refractivity contribution < 1.29 is 4.39 Å². The number of rotatable bonds is 11. The molecular formula is C25H39FN2Sn. The van der Waals surface area contributed by atoms with Gasteiger partial charge in [0.05, 0.1) is 0 Å². The van der Waals surface area contributed by atoms with Crippen LogP contribution in [-0.2, 0) is 6.42 Å². The molecule has 2 nitrogen and oxygen atoms in total. The number of unbranched alkanes of at least 4 members (excludes halogenated alkanes) is 3. The Hall–Kier alpha value is -0.841. The number of imidazole rings is 1. The summed E-state index contributed by atoms with van der Waals surface area (Å²) < 4.78 is 23.3. The van der Waals surface area contributed by atoms with E-state index in [9.17, 15) is 0 Å². The Labute approximate surface area is 181 Å². The first-order valence-corrected chi connectivity index (χ1v) is 19.4. The first kappa shape index (κ1) is 22.8. The maximum atomic E-state index is 15.5. The predicted octanol–water partition coefficient (Wildman–Crippen LogP) is 7.00. The summed E-state index contributed by atoms with van der Waals surface area (Å²) in [6, 6.07) is 6.58. The first-order chi connectivity index (χ1) is 14.1. The number of benzene rings is 1. The van der Waals surface area contributed by atoms with Crippen LogP contribution in [0.3, 0.4) is 0 Å². The second kappa shape index (κ2) is 11.0. The van der Waals surface area contributed by atoms with Gasteiger partial charge in [-0.3, -0.25) is 0 Å². The molecule has 0 fully saturated rings. The summed E-state index contributed by atoms with van der Waals surface area (Å²) in [5.41, 5.74) is 2.11. The summed E-state index contributed by atoms with van der Waals surface area (Å²) >= 11 is -2.57. The molecule has 0 N–H and O–H groups in total. The van der Waals surface area contributed by atoms with Crippen LogP contribution in [0.5, 0.6) is 0 Å². The van der Waals surface area contributed by atoms with Crippen LogP contribution in [0.25, 0.3) is 0 Å². The topological polar surface area (TPSA) is 17.8 Å². The van der Waals surface area contributed by atoms with E-state index in [4.69, 9.17) is 0 Å². The Morgan fingerprint density at radius 3 is 2.28 bits per heavy atom. The maximum absolute atomic E-state index is 15.5. The van der Waals surface area contributed by atoms with Gasteiger partial charge in [0.25, 0.3) is 0 Å². The van der Waals surface area contributed by atoms with Gasteiger partial charge in [-0.2, -0.15) is 0 Å². The van der Waals surface area contributed by atoms with E-state index < -0.39 is 18.4 Å². The normalized spacial score (nSPS) is 16.8. The number of hydrogen-bond acceptors (Lipinski definition) is 1. The van der Waals surface area contributed by atoms with Gasteiger partial charge >= 0.3 is 182 Å². The van der Waals surface area contributed by atoms with Crippen LogP contribution >= 0.6 is 0 Å². The van der Waals surface area contributed by atoms with Crippen LogP contribution in [-0.4, -0.2) is 27.9 Å². The number of halogens is 1. The molecule has 4 heteroatoms. The summed E-state index contributed by atoms with van der Waals surface area (Å²) in [5.74, 6) is 0.0274. The average Bonchev–Trinajstić information content (AvgIpc) is 3.23. The van der Waals surface area contributed by atoms with Crippen LogP contribution in [0.1, 0.15) is 89.4 Å². The quantitative estimate of drug-likeness (QED) is 0.301. The standard InChI is InChI=1S/C13H12FN2.3C4H9.Sn/c14-12-6-2-1-5-11(12)13-7-3-4-10-8-15-9-16(10)13;3*1-3-4-2;/h1,5-6,8-9,13H,3-4,7H2;3*1,3-4H2,2H3;. The van der Waals surface area contributed by atoms with Gasteiger partial charge in [0, 0.05) is 0 Å². The van der Waals surface area contributed by atoms with Gasteiger partial charge in [-0.1, -0.05) is 0 Å². The predicted molar refractivity (Wildman–Crippen MR) is 124 cm³/mol. The third-order valence-electron chi connectivity index (χ3n) is 6.99. The molecule has 0 radical (unpaired) electrons. The Morgan fingerprint density at radius 2 is 1.69 bits per heavy atom. The van der Waals surface area contributed by atoms with Gasteiger partial charge in [-0.25, -0.2) is 0 Å². The van der Waals surface area contributed by atoms with Crippen LogP contribution < -0.4 is 3.58 Å². The number of aromatic nitrogens is 2. The van der Waals surface area contributed by atoms with E-state index >= 15 is 4.39 Å². The van der Waals surface area contributed by atoms with Gasteiger partial charge in [-0.05, 0) is 0 Å². The Bertz CT molecular complexity index is 748. The fourth-order valence-electron chi connectivity index (χ4n) is 5.21. The Kier molecular flexibility index (Phi) is 8.64. The molecule has 0 saturated heterocycles. The van der Waals surface area contributed by atoms with Crippen molar-refractivity contribution in [2.24, 2.45) is 0 Å². The van der Waals surface area contributed by atoms with E-state index in [1.165, 1.54) is 61.1 Å². The summed E-state index contributed by atoms with van der Waals surface area (Å²) in [4.78, 5) is 4.32. The zero-order chi connectivity index (χ0) is 20.7. The molecule has 1 unspecified atom stereocenters. The molecule has 0 amide bonds. The molecule has 160 valence electrons. The minimum atomic E-state index is -2.57. The summed E-state index contributed by atoms with van der Waals surface area (Å²) in [5, 5.41) is 0. The van der Waals surface area contributed by atoms with E-state index in [1.807, 2.05) is 18.6 Å². The second-order valence-corrected chi connectivity index (χ2v) is 22.3. The third kappa shape index (κ3) is 5.26. The number of fused-ring (bicyclic) bond motifs is 1. The van der Waals surface area contributed by atoms with E-state index in [0.717, 1.165) is 24.8 Å². The van der Waals surface area contributed by atoms with Crippen LogP contribution in [0.2, 0.25) is 13.3 Å². The van der Waals surface area contributed by atoms with Crippen molar-refractivity contribution in [3.8, 4) is 0 Å². The fourth-order valence-corrected chi connectivity index (χ4v) is 21.1. The Balaban J connectivity index is 1.94. The van der Waals surface area contributed by atoms with Crippen molar-refractivity contribution in [1.29, 1.82) is 0 Å². The van der Waals surface area contributed by atoms with Crippen LogP contribution in [0.4, 0.5) is 4.39 Å². The monoisotopic (exact) mass is 506 g/mol. The van der Waals surface area contributed by atoms with Crippen LogP contribution in [0, 0.1) is 5.82 Å². The molecule has 3 rings (SSSR count). The van der Waals surface area contributed by atoms with Crippen molar-refractivity contribution in [2.75, 3.05) is 0 Å². The van der Waals surface area contributed by atoms with Gasteiger partial charge in [0.2, 0.25) is 0 Å². The first-order valence-electron chi connectivity index (χ1n) is 12.0. The fraction of sp³-hybridized carbons (Fsp3) is 0.640. The van der Waals surface area contributed by atoms with Crippen LogP contribution in [0.15, 0.2) is 30.7 Å². The van der Waals surface area contributed by atoms with E-state index in [1.54, 1.807) is 0 Å². The van der Waals surface area contributed by atoms with Crippen molar-refractivity contribution in [2.45, 2.75) is 97.9 Å². The number of aryl methyl sites for hydroxylation is 1. The molecule has 2 aromatic rings. The van der Waals surface area contributed by atoms with Crippen molar-refractivity contribution in [1.82, 2.24) is 9.55 Å². The van der Waals surface area contributed by atoms with Crippen molar-refractivity contribution in [3.63, 3.8) is 0 Å². The average molecular weight is 505 g/mol. The zero-order valence-corrected chi connectivity index (χ0v) is 21.6. The Morgan fingerprint density at radius 1 is 1.03 bits per heavy atom. The molecule has 1 aromatic heterocycles. The molecule has 1 aliphatic rings. The summed E-state index contributed by atoms with van der Waals surface area (Å²) in [6.07, 6.45) is 14.7. The summed E-state index contributed by atoms with van der Waals surface area (Å²) in [7, 11) is 0. The molecule has 0 aliphatic carbocycles. The van der Waals surface area contributed by atoms with Gasteiger partial charge in [0.15, 0.2) is 0 Å². The van der Waals surface area contributed by atoms with E-state index in [2.05, 4.69) is 42.5 Å². The van der Waals surface area contributed by atoms with Crippen molar-refractivity contribution in [3.05, 3.63) is 47.8 Å². The second-order valence-electron chi connectivity index (χ2n) is 9.03. The molecule has 0 saturated carbocycles. The van der Waals surface area contributed by atoms with Gasteiger partial charge in [0.1, 0.15) is 0 Å². The molecular weight excluding hydrogens is 466 g/mol. The van der Waals surface area contributed by atoms with Crippen molar-refractivity contribution >= 4 is 22.0 Å². The number of hydrogen-bond donors (Lipinski definition) is 0. The number of nitrogens with zero attached hydrogens (tertiary/aromatic N) is 2. The zero-order valence-electron chi connectivity index (χ0n) is 18.7. The van der Waals surface area contributed by atoms with E-state index in [-0.39, 0.29) is 11.9 Å². The molecule has 2 heterocycles.